The smallest absolute Gasteiger partial charge is 0.355 e. The van der Waals surface area contributed by atoms with Gasteiger partial charge in [0.2, 0.25) is 5.91 Å². The molecule has 3 heterocycles. The van der Waals surface area contributed by atoms with Crippen molar-refractivity contribution in [3.63, 3.8) is 0 Å². The van der Waals surface area contributed by atoms with Crippen molar-refractivity contribution < 1.29 is 22.8 Å². The highest BCUT2D eigenvalue weighted by Crippen LogP contribution is 2.40. The molecule has 170 valence electrons. The van der Waals surface area contributed by atoms with Crippen LogP contribution in [0.3, 0.4) is 0 Å². The Balaban J connectivity index is 1.79. The Kier molecular flexibility index (Phi) is 7.05. The largest absolute Gasteiger partial charge is 0.417 e. The summed E-state index contributed by atoms with van der Waals surface area (Å²) in [6, 6.07) is 1.05. The Morgan fingerprint density at radius 3 is 2.48 bits per heavy atom. The first kappa shape index (κ1) is 23.3. The summed E-state index contributed by atoms with van der Waals surface area (Å²) in [5.41, 5.74) is -0.594. The fourth-order valence-electron chi connectivity index (χ4n) is 3.38. The maximum absolute atomic E-state index is 13.7. The van der Waals surface area contributed by atoms with Crippen LogP contribution in [0.5, 0.6) is 0 Å². The van der Waals surface area contributed by atoms with Crippen LogP contribution in [0.1, 0.15) is 29.8 Å². The summed E-state index contributed by atoms with van der Waals surface area (Å²) in [6.45, 7) is 6.83. The van der Waals surface area contributed by atoms with Crippen LogP contribution >= 0.6 is 11.3 Å². The number of hydrogen-bond donors (Lipinski definition) is 2. The van der Waals surface area contributed by atoms with Gasteiger partial charge in [0.1, 0.15) is 5.82 Å². The number of thiophene rings is 1. The van der Waals surface area contributed by atoms with Gasteiger partial charge in [0.05, 0.1) is 27.9 Å². The number of anilines is 1. The molecule has 1 saturated heterocycles. The lowest BCUT2D eigenvalue weighted by Crippen LogP contribution is -2.50. The van der Waals surface area contributed by atoms with Gasteiger partial charge in [-0.1, -0.05) is 13.8 Å². The van der Waals surface area contributed by atoms with Crippen LogP contribution in [-0.2, 0) is 11.0 Å². The van der Waals surface area contributed by atoms with Crippen molar-refractivity contribution in [2.45, 2.75) is 20.0 Å². The summed E-state index contributed by atoms with van der Waals surface area (Å²) in [4.78, 5) is 32.3. The predicted octanol–water partition coefficient (Wildman–Crippen LogP) is 2.57. The summed E-state index contributed by atoms with van der Waals surface area (Å²) in [5, 5.41) is 6.72. The van der Waals surface area contributed by atoms with Crippen LogP contribution in [0.4, 0.5) is 19.0 Å². The molecule has 0 aromatic carbocycles. The second-order valence-corrected chi connectivity index (χ2v) is 8.77. The van der Waals surface area contributed by atoms with Gasteiger partial charge in [-0.2, -0.15) is 13.2 Å². The van der Waals surface area contributed by atoms with Gasteiger partial charge in [0.15, 0.2) is 0 Å². The summed E-state index contributed by atoms with van der Waals surface area (Å²) < 4.78 is 41.1. The number of amides is 2. The number of carbonyl (C=O) groups excluding carboxylic acids is 2. The zero-order valence-corrected chi connectivity index (χ0v) is 18.5. The maximum atomic E-state index is 13.7. The van der Waals surface area contributed by atoms with E-state index >= 15 is 0 Å². The summed E-state index contributed by atoms with van der Waals surface area (Å²) in [7, 11) is 1.43. The molecule has 2 aromatic heterocycles. The third kappa shape index (κ3) is 5.45. The number of carbonyl (C=O) groups is 2. The van der Waals surface area contributed by atoms with Crippen molar-refractivity contribution in [2.75, 3.05) is 51.2 Å². The standard InChI is InChI=1S/C20H26F3N5O2S/c1-12(2)9-25-16(29)10-27-4-6-28(7-5-27)15-8-14(20(21,22)23)18-17(26-15)13(11-31-18)19(30)24-3/h8,11-12H,4-7,9-10H2,1-3H3,(H,24,30)(H,25,29). The van der Waals surface area contributed by atoms with E-state index in [9.17, 15) is 22.8 Å². The van der Waals surface area contributed by atoms with Crippen molar-refractivity contribution in [1.29, 1.82) is 0 Å². The number of halogens is 3. The third-order valence-corrected chi connectivity index (χ3v) is 6.06. The average Bonchev–Trinajstić information content (AvgIpc) is 3.14. The Hall–Kier alpha value is -2.40. The molecule has 3 rings (SSSR count). The van der Waals surface area contributed by atoms with Crippen LogP contribution in [0.25, 0.3) is 10.2 Å². The molecule has 2 amide bonds. The highest BCUT2D eigenvalue weighted by Gasteiger charge is 2.36. The van der Waals surface area contributed by atoms with Crippen LogP contribution in [0, 0.1) is 5.92 Å². The van der Waals surface area contributed by atoms with E-state index in [-0.39, 0.29) is 34.0 Å². The minimum atomic E-state index is -4.56. The van der Waals surface area contributed by atoms with E-state index in [1.54, 1.807) is 4.90 Å². The number of alkyl halides is 3. The first-order valence-corrected chi connectivity index (χ1v) is 10.9. The fraction of sp³-hybridized carbons (Fsp3) is 0.550. The molecule has 0 spiro atoms. The first-order chi connectivity index (χ1) is 14.6. The molecule has 0 atom stereocenters. The minimum Gasteiger partial charge on any atom is -0.355 e. The summed E-state index contributed by atoms with van der Waals surface area (Å²) in [6.07, 6.45) is -4.56. The zero-order chi connectivity index (χ0) is 22.8. The number of hydrogen-bond acceptors (Lipinski definition) is 6. The molecule has 2 aromatic rings. The van der Waals surface area contributed by atoms with E-state index in [4.69, 9.17) is 0 Å². The number of nitrogens with one attached hydrogen (secondary N) is 2. The van der Waals surface area contributed by atoms with Crippen molar-refractivity contribution in [1.82, 2.24) is 20.5 Å². The third-order valence-electron chi connectivity index (χ3n) is 5.06. The molecule has 11 heteroatoms. The Labute approximate surface area is 182 Å². The van der Waals surface area contributed by atoms with Gasteiger partial charge in [-0.15, -0.1) is 11.3 Å². The summed E-state index contributed by atoms with van der Waals surface area (Å²) in [5.74, 6) is 0.0180. The van der Waals surface area contributed by atoms with Crippen LogP contribution in [0.2, 0.25) is 0 Å². The predicted molar refractivity (Wildman–Crippen MR) is 115 cm³/mol. The Bertz CT molecular complexity index is 952. The molecule has 0 radical (unpaired) electrons. The van der Waals surface area contributed by atoms with Gasteiger partial charge in [-0.3, -0.25) is 14.5 Å². The minimum absolute atomic E-state index is 0.0460. The normalized spacial score (nSPS) is 15.5. The molecule has 2 N–H and O–H groups in total. The SMILES string of the molecule is CNC(=O)c1csc2c(C(F)(F)F)cc(N3CCN(CC(=O)NCC(C)C)CC3)nc12. The second-order valence-electron chi connectivity index (χ2n) is 7.89. The Morgan fingerprint density at radius 1 is 1.23 bits per heavy atom. The monoisotopic (exact) mass is 457 g/mol. The van der Waals surface area contributed by atoms with Gasteiger partial charge < -0.3 is 15.5 Å². The van der Waals surface area contributed by atoms with Crippen molar-refractivity contribution in [2.24, 2.45) is 5.92 Å². The number of fused-ring (bicyclic) bond motifs is 1. The van der Waals surface area contributed by atoms with Gasteiger partial charge in [-0.05, 0) is 12.0 Å². The molecule has 0 unspecified atom stereocenters. The van der Waals surface area contributed by atoms with E-state index in [0.717, 1.165) is 17.4 Å². The van der Waals surface area contributed by atoms with Crippen molar-refractivity contribution in [3.8, 4) is 0 Å². The fourth-order valence-corrected chi connectivity index (χ4v) is 4.40. The van der Waals surface area contributed by atoms with E-state index in [1.165, 1.54) is 12.4 Å². The molecule has 1 fully saturated rings. The van der Waals surface area contributed by atoms with E-state index in [0.29, 0.717) is 38.6 Å². The number of aromatic nitrogens is 1. The van der Waals surface area contributed by atoms with Crippen LogP contribution < -0.4 is 15.5 Å². The molecular weight excluding hydrogens is 431 g/mol. The van der Waals surface area contributed by atoms with Gasteiger partial charge >= 0.3 is 6.18 Å². The lowest BCUT2D eigenvalue weighted by Gasteiger charge is -2.35. The van der Waals surface area contributed by atoms with E-state index < -0.39 is 17.6 Å². The molecule has 1 aliphatic heterocycles. The molecule has 7 nitrogen and oxygen atoms in total. The lowest BCUT2D eigenvalue weighted by molar-refractivity contribution is -0.136. The molecule has 0 bridgehead atoms. The lowest BCUT2D eigenvalue weighted by atomic mass is 10.1. The number of piperazine rings is 1. The Morgan fingerprint density at radius 2 is 1.90 bits per heavy atom. The van der Waals surface area contributed by atoms with Gasteiger partial charge in [0, 0.05) is 45.2 Å². The average molecular weight is 458 g/mol. The highest BCUT2D eigenvalue weighted by atomic mass is 32.1. The number of rotatable bonds is 6. The zero-order valence-electron chi connectivity index (χ0n) is 17.7. The number of pyridine rings is 1. The van der Waals surface area contributed by atoms with Crippen LogP contribution in [0.15, 0.2) is 11.4 Å². The molecular formula is C20H26F3N5O2S. The van der Waals surface area contributed by atoms with Crippen molar-refractivity contribution >= 4 is 39.2 Å². The molecule has 0 aliphatic carbocycles. The van der Waals surface area contributed by atoms with Crippen molar-refractivity contribution in [3.05, 3.63) is 22.6 Å². The van der Waals surface area contributed by atoms with Crippen LogP contribution in [-0.4, -0.2) is 68.0 Å². The maximum Gasteiger partial charge on any atom is 0.417 e. The molecule has 0 saturated carbocycles. The van der Waals surface area contributed by atoms with Gasteiger partial charge in [0.25, 0.3) is 5.91 Å². The van der Waals surface area contributed by atoms with Gasteiger partial charge in [-0.25, -0.2) is 4.98 Å². The van der Waals surface area contributed by atoms with E-state index in [1.807, 2.05) is 18.7 Å². The second kappa shape index (κ2) is 9.39. The first-order valence-electron chi connectivity index (χ1n) is 10.1. The van der Waals surface area contributed by atoms with E-state index in [2.05, 4.69) is 15.6 Å². The quantitative estimate of drug-likeness (QED) is 0.697. The highest BCUT2D eigenvalue weighted by molar-refractivity contribution is 7.17. The molecule has 1 aliphatic rings. The molecule has 31 heavy (non-hydrogen) atoms. The summed E-state index contributed by atoms with van der Waals surface area (Å²) >= 11 is 0.866. The number of nitrogens with zero attached hydrogens (tertiary/aromatic N) is 3. The topological polar surface area (TPSA) is 77.6 Å².